The molecular weight excluding hydrogens is 436 g/mol. The van der Waals surface area contributed by atoms with Crippen LogP contribution in [0.3, 0.4) is 0 Å². The van der Waals surface area contributed by atoms with Gasteiger partial charge in [0.1, 0.15) is 23.7 Å². The Hall–Kier alpha value is -2.95. The summed E-state index contributed by atoms with van der Waals surface area (Å²) in [5, 5.41) is 17.6. The van der Waals surface area contributed by atoms with Crippen LogP contribution in [-0.4, -0.2) is 91.1 Å². The van der Waals surface area contributed by atoms with Crippen LogP contribution in [0, 0.1) is 0 Å². The number of morpholine rings is 1. The van der Waals surface area contributed by atoms with Gasteiger partial charge in [-0.2, -0.15) is 0 Å². The fraction of sp³-hybridized carbons (Fsp3) is 0.542. The standard InChI is InChI=1S/C24H34N6O4/c1-25-21-13-22(28-18-27-21)30-8-2-7-24(32,17-30)16-26-14-19-3-5-20(6-4-19)34-15-23(31)29-9-11-33-12-10-29/h3-6,13,18,26,32H,2,7-12,14-17H2,1H3,(H,25,27,28). The smallest absolute Gasteiger partial charge is 0.260 e. The molecule has 0 spiro atoms. The van der Waals surface area contributed by atoms with E-state index in [2.05, 4.69) is 25.5 Å². The Morgan fingerprint density at radius 3 is 2.76 bits per heavy atom. The fourth-order valence-corrected chi connectivity index (χ4v) is 4.30. The largest absolute Gasteiger partial charge is 0.484 e. The maximum Gasteiger partial charge on any atom is 0.260 e. The van der Waals surface area contributed by atoms with Crippen LogP contribution in [0.5, 0.6) is 5.75 Å². The number of amides is 1. The SMILES string of the molecule is CNc1cc(N2CCCC(O)(CNCc3ccc(OCC(=O)N4CCOCC4)cc3)C2)ncn1. The van der Waals surface area contributed by atoms with Gasteiger partial charge in [-0.25, -0.2) is 9.97 Å². The molecule has 1 aromatic carbocycles. The highest BCUT2D eigenvalue weighted by atomic mass is 16.5. The maximum atomic E-state index is 12.2. The zero-order valence-electron chi connectivity index (χ0n) is 19.7. The summed E-state index contributed by atoms with van der Waals surface area (Å²) in [5.41, 5.74) is 0.254. The predicted octanol–water partition coefficient (Wildman–Crippen LogP) is 0.877. The van der Waals surface area contributed by atoms with Crippen molar-refractivity contribution in [2.24, 2.45) is 0 Å². The second-order valence-electron chi connectivity index (χ2n) is 8.79. The van der Waals surface area contributed by atoms with Gasteiger partial charge in [-0.15, -0.1) is 0 Å². The van der Waals surface area contributed by atoms with Gasteiger partial charge < -0.3 is 35.0 Å². The monoisotopic (exact) mass is 470 g/mol. The Balaban J connectivity index is 1.22. The van der Waals surface area contributed by atoms with Crippen molar-refractivity contribution in [3.63, 3.8) is 0 Å². The first-order valence-corrected chi connectivity index (χ1v) is 11.8. The second kappa shape index (κ2) is 11.5. The Morgan fingerprint density at radius 1 is 1.21 bits per heavy atom. The molecule has 10 nitrogen and oxygen atoms in total. The highest BCUT2D eigenvalue weighted by Gasteiger charge is 2.33. The molecule has 0 aliphatic carbocycles. The number of aliphatic hydroxyl groups is 1. The highest BCUT2D eigenvalue weighted by molar-refractivity contribution is 5.77. The van der Waals surface area contributed by atoms with Gasteiger partial charge in [-0.3, -0.25) is 4.79 Å². The maximum absolute atomic E-state index is 12.2. The summed E-state index contributed by atoms with van der Waals surface area (Å²) >= 11 is 0. The zero-order valence-corrected chi connectivity index (χ0v) is 19.7. The van der Waals surface area contributed by atoms with Gasteiger partial charge >= 0.3 is 0 Å². The van der Waals surface area contributed by atoms with Gasteiger partial charge in [0.2, 0.25) is 0 Å². The minimum Gasteiger partial charge on any atom is -0.484 e. The Bertz CT molecular complexity index is 937. The molecule has 2 fully saturated rings. The minimum atomic E-state index is -0.827. The lowest BCUT2D eigenvalue weighted by Gasteiger charge is -2.40. The molecule has 2 aliphatic heterocycles. The van der Waals surface area contributed by atoms with E-state index in [9.17, 15) is 9.90 Å². The van der Waals surface area contributed by atoms with Crippen LogP contribution in [0.15, 0.2) is 36.7 Å². The van der Waals surface area contributed by atoms with Crippen molar-refractivity contribution in [2.75, 3.05) is 69.8 Å². The van der Waals surface area contributed by atoms with Crippen LogP contribution in [-0.2, 0) is 16.1 Å². The minimum absolute atomic E-state index is 0.0204. The van der Waals surface area contributed by atoms with Gasteiger partial charge in [0, 0.05) is 52.4 Å². The van der Waals surface area contributed by atoms with Gasteiger partial charge in [0.05, 0.1) is 18.8 Å². The lowest BCUT2D eigenvalue weighted by molar-refractivity contribution is -0.137. The number of anilines is 2. The highest BCUT2D eigenvalue weighted by Crippen LogP contribution is 2.25. The van der Waals surface area contributed by atoms with E-state index in [-0.39, 0.29) is 12.5 Å². The molecule has 1 atom stereocenters. The number of nitrogens with one attached hydrogen (secondary N) is 2. The lowest BCUT2D eigenvalue weighted by Crippen LogP contribution is -2.53. The van der Waals surface area contributed by atoms with E-state index in [1.54, 1.807) is 11.2 Å². The number of hydrogen-bond acceptors (Lipinski definition) is 9. The average Bonchev–Trinajstić information content (AvgIpc) is 2.88. The molecule has 1 aromatic heterocycles. The van der Waals surface area contributed by atoms with Gasteiger partial charge in [0.15, 0.2) is 6.61 Å². The molecule has 1 amide bonds. The van der Waals surface area contributed by atoms with Crippen molar-refractivity contribution in [1.82, 2.24) is 20.2 Å². The summed E-state index contributed by atoms with van der Waals surface area (Å²) in [6.45, 7) is 4.93. The molecular formula is C24H34N6O4. The lowest BCUT2D eigenvalue weighted by atomic mass is 9.92. The Labute approximate surface area is 200 Å². The number of ether oxygens (including phenoxy) is 2. The van der Waals surface area contributed by atoms with Crippen LogP contribution in [0.4, 0.5) is 11.6 Å². The number of nitrogens with zero attached hydrogens (tertiary/aromatic N) is 4. The molecule has 0 radical (unpaired) electrons. The Kier molecular flexibility index (Phi) is 8.15. The molecule has 2 saturated heterocycles. The van der Waals surface area contributed by atoms with Gasteiger partial charge in [-0.05, 0) is 30.5 Å². The van der Waals surface area contributed by atoms with Crippen LogP contribution < -0.4 is 20.3 Å². The molecule has 34 heavy (non-hydrogen) atoms. The fourth-order valence-electron chi connectivity index (χ4n) is 4.30. The Morgan fingerprint density at radius 2 is 2.00 bits per heavy atom. The van der Waals surface area contributed by atoms with Gasteiger partial charge in [0.25, 0.3) is 5.91 Å². The van der Waals surface area contributed by atoms with Crippen molar-refractivity contribution < 1.29 is 19.4 Å². The number of piperidine rings is 1. The summed E-state index contributed by atoms with van der Waals surface area (Å²) in [7, 11) is 1.83. The summed E-state index contributed by atoms with van der Waals surface area (Å²) < 4.78 is 10.9. The topological polar surface area (TPSA) is 112 Å². The first kappa shape index (κ1) is 24.2. The third-order valence-electron chi connectivity index (χ3n) is 6.22. The van der Waals surface area contributed by atoms with Crippen molar-refractivity contribution >= 4 is 17.5 Å². The van der Waals surface area contributed by atoms with Crippen molar-refractivity contribution in [1.29, 1.82) is 0 Å². The molecule has 0 saturated carbocycles. The van der Waals surface area contributed by atoms with Crippen molar-refractivity contribution in [3.05, 3.63) is 42.2 Å². The predicted molar refractivity (Wildman–Crippen MR) is 129 cm³/mol. The van der Waals surface area contributed by atoms with Crippen LogP contribution in [0.1, 0.15) is 18.4 Å². The first-order valence-electron chi connectivity index (χ1n) is 11.8. The third-order valence-corrected chi connectivity index (χ3v) is 6.22. The van der Waals surface area contributed by atoms with E-state index >= 15 is 0 Å². The van der Waals surface area contributed by atoms with Gasteiger partial charge in [-0.1, -0.05) is 12.1 Å². The average molecular weight is 471 g/mol. The molecule has 10 heteroatoms. The first-order chi connectivity index (χ1) is 16.5. The summed E-state index contributed by atoms with van der Waals surface area (Å²) in [4.78, 5) is 24.6. The van der Waals surface area contributed by atoms with E-state index in [0.717, 1.165) is 36.6 Å². The number of benzene rings is 1. The van der Waals surface area contributed by atoms with E-state index in [1.165, 1.54) is 0 Å². The van der Waals surface area contributed by atoms with E-state index in [4.69, 9.17) is 9.47 Å². The summed E-state index contributed by atoms with van der Waals surface area (Å²) in [5.74, 6) is 2.22. The summed E-state index contributed by atoms with van der Waals surface area (Å²) in [6, 6.07) is 9.58. The normalized spacial score (nSPS) is 20.8. The molecule has 2 aliphatic rings. The molecule has 184 valence electrons. The molecule has 2 aromatic rings. The molecule has 3 N–H and O–H groups in total. The zero-order chi connectivity index (χ0) is 23.8. The van der Waals surface area contributed by atoms with Crippen LogP contribution >= 0.6 is 0 Å². The van der Waals surface area contributed by atoms with E-state index in [0.29, 0.717) is 51.7 Å². The van der Waals surface area contributed by atoms with Crippen LogP contribution in [0.2, 0.25) is 0 Å². The number of β-amino-alcohol motifs (C(OH)–C–C–N with tert-alkyl or cyclic N) is 1. The van der Waals surface area contributed by atoms with Crippen molar-refractivity contribution in [2.45, 2.75) is 25.0 Å². The third kappa shape index (κ3) is 6.55. The van der Waals surface area contributed by atoms with Crippen LogP contribution in [0.25, 0.3) is 0 Å². The second-order valence-corrected chi connectivity index (χ2v) is 8.79. The number of carbonyl (C=O) groups excluding carboxylic acids is 1. The summed E-state index contributed by atoms with van der Waals surface area (Å²) in [6.07, 6.45) is 3.18. The molecule has 1 unspecified atom stereocenters. The molecule has 4 rings (SSSR count). The van der Waals surface area contributed by atoms with E-state index < -0.39 is 5.60 Å². The number of rotatable bonds is 9. The number of carbonyl (C=O) groups is 1. The quantitative estimate of drug-likeness (QED) is 0.492. The number of hydrogen-bond donors (Lipinski definition) is 3. The van der Waals surface area contributed by atoms with Crippen molar-refractivity contribution in [3.8, 4) is 5.75 Å². The number of aromatic nitrogens is 2. The molecule has 0 bridgehead atoms. The molecule has 3 heterocycles. The van der Waals surface area contributed by atoms with E-state index in [1.807, 2.05) is 37.4 Å².